The summed E-state index contributed by atoms with van der Waals surface area (Å²) in [7, 11) is 4.13. The zero-order valence-electron chi connectivity index (χ0n) is 32.5. The maximum atomic E-state index is 13.3. The van der Waals surface area contributed by atoms with E-state index in [1.807, 2.05) is 56.0 Å². The first kappa shape index (κ1) is 40.0. The van der Waals surface area contributed by atoms with Gasteiger partial charge in [0.1, 0.15) is 11.6 Å². The van der Waals surface area contributed by atoms with Crippen molar-refractivity contribution in [2.24, 2.45) is 5.92 Å². The maximum Gasteiger partial charge on any atom is 0.256 e. The fourth-order valence-electron chi connectivity index (χ4n) is 7.48. The van der Waals surface area contributed by atoms with E-state index >= 15 is 0 Å². The third kappa shape index (κ3) is 9.46. The molecule has 0 saturated carbocycles. The molecule has 4 aromatic rings. The number of pyridine rings is 1. The Kier molecular flexibility index (Phi) is 13.8. The molecule has 6 rings (SSSR count). The third-order valence-electron chi connectivity index (χ3n) is 10.5. The lowest BCUT2D eigenvalue weighted by Gasteiger charge is -2.35. The van der Waals surface area contributed by atoms with Crippen molar-refractivity contribution in [2.45, 2.75) is 84.8 Å². The lowest BCUT2D eigenvalue weighted by molar-refractivity contribution is -0.125. The number of carbonyl (C=O) groups is 4. The minimum Gasteiger partial charge on any atom is -0.494 e. The Morgan fingerprint density at radius 3 is 2.52 bits per heavy atom. The molecule has 0 aliphatic carbocycles. The molecule has 2 aromatic carbocycles. The maximum absolute atomic E-state index is 13.3. The van der Waals surface area contributed by atoms with Gasteiger partial charge in [-0.15, -0.1) is 0 Å². The van der Waals surface area contributed by atoms with Gasteiger partial charge in [-0.2, -0.15) is 0 Å². The molecule has 1 fully saturated rings. The van der Waals surface area contributed by atoms with E-state index in [1.165, 1.54) is 0 Å². The van der Waals surface area contributed by atoms with Gasteiger partial charge in [-0.1, -0.05) is 26.8 Å². The predicted octanol–water partition coefficient (Wildman–Crippen LogP) is 6.94. The van der Waals surface area contributed by atoms with E-state index in [-0.39, 0.29) is 36.2 Å². The minimum absolute atomic E-state index is 0.00776. The molecule has 2 aliphatic rings. The summed E-state index contributed by atoms with van der Waals surface area (Å²) in [6, 6.07) is 17.3. The second kappa shape index (κ2) is 18.7. The number of imide groups is 1. The van der Waals surface area contributed by atoms with E-state index in [1.54, 1.807) is 18.3 Å². The highest BCUT2D eigenvalue weighted by molar-refractivity contribution is 6.04. The Hall–Kier alpha value is -5.23. The molecule has 12 heteroatoms. The number of ether oxygens (including phenoxy) is 1. The number of benzene rings is 2. The molecule has 0 bridgehead atoms. The average molecular weight is 738 g/mol. The van der Waals surface area contributed by atoms with Gasteiger partial charge in [0.25, 0.3) is 11.8 Å². The number of hydrogen-bond acceptors (Lipinski definition) is 8. The molecule has 1 saturated heterocycles. The van der Waals surface area contributed by atoms with Crippen LogP contribution < -0.4 is 20.3 Å². The van der Waals surface area contributed by atoms with Gasteiger partial charge >= 0.3 is 0 Å². The highest BCUT2D eigenvalue weighted by atomic mass is 16.5. The lowest BCUT2D eigenvalue weighted by Crippen LogP contribution is -2.35. The van der Waals surface area contributed by atoms with Crippen molar-refractivity contribution in [2.75, 3.05) is 44.0 Å². The Morgan fingerprint density at radius 2 is 1.83 bits per heavy atom. The molecule has 4 amide bonds. The van der Waals surface area contributed by atoms with E-state index in [4.69, 9.17) is 4.74 Å². The molecular formula is C42H55N7O5. The number of carbonyl (C=O) groups excluding carboxylic acids is 4. The summed E-state index contributed by atoms with van der Waals surface area (Å²) >= 11 is 0. The average Bonchev–Trinajstić information content (AvgIpc) is 3.75. The van der Waals surface area contributed by atoms with E-state index in [0.29, 0.717) is 43.3 Å². The number of amides is 4. The number of hydrogen-bond donors (Lipinski definition) is 3. The Labute approximate surface area is 318 Å². The molecule has 2 aromatic heterocycles. The van der Waals surface area contributed by atoms with Crippen LogP contribution in [-0.4, -0.2) is 83.7 Å². The van der Waals surface area contributed by atoms with Gasteiger partial charge in [0, 0.05) is 83.9 Å². The molecule has 12 nitrogen and oxygen atoms in total. The fourth-order valence-corrected chi connectivity index (χ4v) is 7.48. The standard InChI is InChI=1S/C40H49N7O5.C2H6/c1-5-35(45(3)4)34-21-29-23-41-37(22-33(29)43-34)44-39(50)28-10-12-30(13-11-28)52-20-17-27-15-18-46(19-16-27)36-8-6-7-31-32(36)24-47(40(31)51)26(2)9-14-38(49)42-25-48;1-2/h6-8,10-13,21-23,25-27,35,43H,5,9,14-20,24H2,1-4H3,(H,41,44,50)(H,42,48,49);1-2H3. The molecule has 2 atom stereocenters. The van der Waals surface area contributed by atoms with Crippen molar-refractivity contribution >= 4 is 46.5 Å². The smallest absolute Gasteiger partial charge is 0.256 e. The van der Waals surface area contributed by atoms with Crippen LogP contribution in [0.5, 0.6) is 5.75 Å². The molecule has 2 aliphatic heterocycles. The second-order valence-corrected chi connectivity index (χ2v) is 14.1. The van der Waals surface area contributed by atoms with Crippen LogP contribution in [0.1, 0.15) is 104 Å². The first-order chi connectivity index (χ1) is 26.1. The van der Waals surface area contributed by atoms with E-state index in [0.717, 1.165) is 77.9 Å². The summed E-state index contributed by atoms with van der Waals surface area (Å²) in [5.74, 6) is 1.18. The lowest BCUT2D eigenvalue weighted by atomic mass is 9.93. The van der Waals surface area contributed by atoms with Gasteiger partial charge in [0.15, 0.2) is 0 Å². The Morgan fingerprint density at radius 1 is 1.09 bits per heavy atom. The summed E-state index contributed by atoms with van der Waals surface area (Å²) in [5, 5.41) is 6.09. The predicted molar refractivity (Wildman–Crippen MR) is 213 cm³/mol. The molecular weight excluding hydrogens is 683 g/mol. The first-order valence-corrected chi connectivity index (χ1v) is 19.2. The second-order valence-electron chi connectivity index (χ2n) is 14.1. The van der Waals surface area contributed by atoms with Gasteiger partial charge in [-0.25, -0.2) is 4.98 Å². The SMILES string of the molecule is CC.CCC(c1cc2cnc(NC(=O)c3ccc(OCCC4CCN(c5cccc6c5CN(C(C)CCC(=O)NC=O)C6=O)CC4)cc3)cc2[nH]1)N(C)C. The quantitative estimate of drug-likeness (QED) is 0.112. The molecule has 4 heterocycles. The number of rotatable bonds is 15. The number of aromatic amines is 1. The Balaban J connectivity index is 0.00000276. The number of nitrogens with one attached hydrogen (secondary N) is 3. The van der Waals surface area contributed by atoms with Crippen LogP contribution in [0.25, 0.3) is 10.9 Å². The van der Waals surface area contributed by atoms with E-state index in [2.05, 4.69) is 63.6 Å². The fraction of sp³-hybridized carbons (Fsp3) is 0.452. The summed E-state index contributed by atoms with van der Waals surface area (Å²) < 4.78 is 6.07. The molecule has 288 valence electrons. The largest absolute Gasteiger partial charge is 0.494 e. The van der Waals surface area contributed by atoms with E-state index < -0.39 is 0 Å². The van der Waals surface area contributed by atoms with Crippen molar-refractivity contribution < 1.29 is 23.9 Å². The summed E-state index contributed by atoms with van der Waals surface area (Å²) in [4.78, 5) is 62.9. The van der Waals surface area contributed by atoms with Gasteiger partial charge in [-0.3, -0.25) is 24.5 Å². The number of fused-ring (bicyclic) bond motifs is 2. The third-order valence-corrected chi connectivity index (χ3v) is 10.5. The highest BCUT2D eigenvalue weighted by Gasteiger charge is 2.34. The molecule has 0 spiro atoms. The van der Waals surface area contributed by atoms with Crippen LogP contribution in [0.4, 0.5) is 11.5 Å². The number of anilines is 2. The topological polar surface area (TPSA) is 140 Å². The Bertz CT molecular complexity index is 1900. The number of aromatic nitrogens is 2. The molecule has 3 N–H and O–H groups in total. The number of nitrogens with zero attached hydrogens (tertiary/aromatic N) is 4. The van der Waals surface area contributed by atoms with Crippen LogP contribution in [0, 0.1) is 5.92 Å². The number of H-pyrrole nitrogens is 1. The van der Waals surface area contributed by atoms with Crippen molar-refractivity contribution in [1.29, 1.82) is 0 Å². The molecule has 2 unspecified atom stereocenters. The van der Waals surface area contributed by atoms with Gasteiger partial charge < -0.3 is 29.7 Å². The zero-order valence-corrected chi connectivity index (χ0v) is 32.5. The van der Waals surface area contributed by atoms with E-state index in [9.17, 15) is 19.2 Å². The first-order valence-electron chi connectivity index (χ1n) is 19.2. The summed E-state index contributed by atoms with van der Waals surface area (Å²) in [6.07, 6.45) is 6.84. The van der Waals surface area contributed by atoms with Crippen LogP contribution in [0.15, 0.2) is 60.8 Å². The zero-order chi connectivity index (χ0) is 38.8. The van der Waals surface area contributed by atoms with Crippen LogP contribution >= 0.6 is 0 Å². The molecule has 0 radical (unpaired) electrons. The van der Waals surface area contributed by atoms with Gasteiger partial charge in [-0.05, 0) is 102 Å². The number of piperidine rings is 1. The normalized spacial score (nSPS) is 15.4. The minimum atomic E-state index is -0.336. The summed E-state index contributed by atoms with van der Waals surface area (Å²) in [5.41, 5.74) is 5.48. The van der Waals surface area contributed by atoms with Crippen molar-refractivity contribution in [1.82, 2.24) is 25.1 Å². The van der Waals surface area contributed by atoms with Gasteiger partial charge in [0.2, 0.25) is 12.3 Å². The monoisotopic (exact) mass is 737 g/mol. The van der Waals surface area contributed by atoms with Crippen molar-refractivity contribution in [3.05, 3.63) is 83.2 Å². The molecule has 54 heavy (non-hydrogen) atoms. The van der Waals surface area contributed by atoms with Crippen LogP contribution in [0.2, 0.25) is 0 Å². The van der Waals surface area contributed by atoms with Crippen molar-refractivity contribution in [3.8, 4) is 5.75 Å². The van der Waals surface area contributed by atoms with Crippen molar-refractivity contribution in [3.63, 3.8) is 0 Å². The summed E-state index contributed by atoms with van der Waals surface area (Å²) in [6.45, 7) is 11.0. The van der Waals surface area contributed by atoms with Crippen LogP contribution in [0.3, 0.4) is 0 Å². The highest BCUT2D eigenvalue weighted by Crippen LogP contribution is 2.36. The van der Waals surface area contributed by atoms with Crippen LogP contribution in [-0.2, 0) is 16.1 Å². The van der Waals surface area contributed by atoms with Gasteiger partial charge in [0.05, 0.1) is 12.1 Å².